The molecule has 1 amide bonds. The number of benzene rings is 2. The predicted molar refractivity (Wildman–Crippen MR) is 108 cm³/mol. The van der Waals surface area contributed by atoms with Crippen LogP contribution in [-0.4, -0.2) is 15.9 Å². The molecule has 27 heavy (non-hydrogen) atoms. The molecule has 0 saturated heterocycles. The van der Waals surface area contributed by atoms with Crippen LogP contribution in [0.3, 0.4) is 0 Å². The second-order valence-corrected chi connectivity index (χ2v) is 6.36. The number of halogens is 2. The molecule has 0 radical (unpaired) electrons. The van der Waals surface area contributed by atoms with Gasteiger partial charge in [0.15, 0.2) is 11.6 Å². The Morgan fingerprint density at radius 3 is 2.44 bits per heavy atom. The lowest BCUT2D eigenvalue weighted by Gasteiger charge is -2.13. The van der Waals surface area contributed by atoms with E-state index < -0.39 is 0 Å². The Kier molecular flexibility index (Phi) is 5.95. The summed E-state index contributed by atoms with van der Waals surface area (Å²) in [6.07, 6.45) is 1.34. The maximum atomic E-state index is 12.1. The van der Waals surface area contributed by atoms with Gasteiger partial charge in [-0.15, -0.1) is 0 Å². The summed E-state index contributed by atoms with van der Waals surface area (Å²) in [6.45, 7) is 0.442. The van der Waals surface area contributed by atoms with Gasteiger partial charge in [-0.05, 0) is 35.9 Å². The standard InChI is InChI=1S/C18H16Cl2N6O/c19-13-7-5-11(6-8-13)18(27)26-25-17-15(21)16(23-10-24-17)22-9-12-3-1-2-4-14(12)20/h1-8,10H,9,21H2,(H,26,27)(H2,22,23,24,25). The monoisotopic (exact) mass is 402 g/mol. The van der Waals surface area contributed by atoms with Crippen LogP contribution in [0.4, 0.5) is 17.3 Å². The number of amides is 1. The normalized spacial score (nSPS) is 10.3. The van der Waals surface area contributed by atoms with Crippen molar-refractivity contribution in [3.8, 4) is 0 Å². The summed E-state index contributed by atoms with van der Waals surface area (Å²) in [5.41, 5.74) is 12.9. The van der Waals surface area contributed by atoms with Crippen molar-refractivity contribution in [3.63, 3.8) is 0 Å². The quantitative estimate of drug-likeness (QED) is 0.468. The molecule has 1 heterocycles. The van der Waals surface area contributed by atoms with E-state index >= 15 is 0 Å². The molecular formula is C18H16Cl2N6O. The van der Waals surface area contributed by atoms with Gasteiger partial charge in [0, 0.05) is 22.2 Å². The number of nitrogens with one attached hydrogen (secondary N) is 3. The summed E-state index contributed by atoms with van der Waals surface area (Å²) in [7, 11) is 0. The number of nitrogen functional groups attached to an aromatic ring is 1. The predicted octanol–water partition coefficient (Wildman–Crippen LogP) is 3.73. The van der Waals surface area contributed by atoms with Crippen molar-refractivity contribution >= 4 is 46.4 Å². The molecule has 0 spiro atoms. The largest absolute Gasteiger partial charge is 0.393 e. The zero-order chi connectivity index (χ0) is 19.2. The summed E-state index contributed by atoms with van der Waals surface area (Å²) in [5.74, 6) is 0.345. The second kappa shape index (κ2) is 8.57. The number of aromatic nitrogens is 2. The smallest absolute Gasteiger partial charge is 0.269 e. The van der Waals surface area contributed by atoms with E-state index in [0.717, 1.165) is 5.56 Å². The SMILES string of the molecule is Nc1c(NCc2ccccc2Cl)ncnc1NNC(=O)c1ccc(Cl)cc1. The molecule has 3 rings (SSSR count). The zero-order valence-corrected chi connectivity index (χ0v) is 15.6. The highest BCUT2D eigenvalue weighted by molar-refractivity contribution is 6.31. The average molecular weight is 403 g/mol. The van der Waals surface area contributed by atoms with Crippen LogP contribution in [0.2, 0.25) is 10.0 Å². The summed E-state index contributed by atoms with van der Waals surface area (Å²) >= 11 is 12.0. The fraction of sp³-hybridized carbons (Fsp3) is 0.0556. The zero-order valence-electron chi connectivity index (χ0n) is 14.0. The lowest BCUT2D eigenvalue weighted by molar-refractivity contribution is 0.0962. The van der Waals surface area contributed by atoms with Gasteiger partial charge in [-0.3, -0.25) is 15.6 Å². The highest BCUT2D eigenvalue weighted by Crippen LogP contribution is 2.23. The molecule has 0 atom stereocenters. The molecule has 9 heteroatoms. The second-order valence-electron chi connectivity index (χ2n) is 5.52. The Balaban J connectivity index is 1.65. The molecule has 0 saturated carbocycles. The van der Waals surface area contributed by atoms with Crippen LogP contribution in [0, 0.1) is 0 Å². The van der Waals surface area contributed by atoms with E-state index in [1.54, 1.807) is 30.3 Å². The molecular weight excluding hydrogens is 387 g/mol. The lowest BCUT2D eigenvalue weighted by Crippen LogP contribution is -2.30. The summed E-state index contributed by atoms with van der Waals surface area (Å²) in [4.78, 5) is 20.3. The van der Waals surface area contributed by atoms with Gasteiger partial charge in [0.1, 0.15) is 12.0 Å². The first-order valence-electron chi connectivity index (χ1n) is 7.94. The molecule has 2 aromatic carbocycles. The van der Waals surface area contributed by atoms with Crippen LogP contribution < -0.4 is 21.9 Å². The summed E-state index contributed by atoms with van der Waals surface area (Å²) < 4.78 is 0. The summed E-state index contributed by atoms with van der Waals surface area (Å²) in [6, 6.07) is 13.9. The van der Waals surface area contributed by atoms with Crippen molar-refractivity contribution in [3.05, 3.63) is 76.0 Å². The first-order chi connectivity index (χ1) is 13.0. The van der Waals surface area contributed by atoms with Crippen LogP contribution in [-0.2, 0) is 6.54 Å². The lowest BCUT2D eigenvalue weighted by atomic mass is 10.2. The Morgan fingerprint density at radius 2 is 1.70 bits per heavy atom. The molecule has 0 unspecified atom stereocenters. The third-order valence-electron chi connectivity index (χ3n) is 3.69. The molecule has 138 valence electrons. The third-order valence-corrected chi connectivity index (χ3v) is 4.31. The highest BCUT2D eigenvalue weighted by Gasteiger charge is 2.10. The number of anilines is 3. The third kappa shape index (κ3) is 4.78. The minimum atomic E-state index is -0.352. The fourth-order valence-corrected chi connectivity index (χ4v) is 2.57. The van der Waals surface area contributed by atoms with E-state index in [1.807, 2.05) is 18.2 Å². The Labute approximate surface area is 165 Å². The minimum absolute atomic E-state index is 0.265. The van der Waals surface area contributed by atoms with Crippen LogP contribution in [0.15, 0.2) is 54.9 Å². The molecule has 1 aromatic heterocycles. The molecule has 0 fully saturated rings. The molecule has 0 aliphatic carbocycles. The Morgan fingerprint density at radius 1 is 1.00 bits per heavy atom. The van der Waals surface area contributed by atoms with Gasteiger partial charge in [0.2, 0.25) is 0 Å². The van der Waals surface area contributed by atoms with E-state index in [-0.39, 0.29) is 17.4 Å². The fourth-order valence-electron chi connectivity index (χ4n) is 2.25. The van der Waals surface area contributed by atoms with E-state index in [9.17, 15) is 4.79 Å². The van der Waals surface area contributed by atoms with Gasteiger partial charge in [-0.1, -0.05) is 41.4 Å². The first kappa shape index (κ1) is 18.8. The van der Waals surface area contributed by atoms with Gasteiger partial charge in [0.25, 0.3) is 5.91 Å². The Hall–Kier alpha value is -3.03. The van der Waals surface area contributed by atoms with E-state index in [0.29, 0.717) is 28.0 Å². The number of rotatable bonds is 6. The number of carbonyl (C=O) groups excluding carboxylic acids is 1. The van der Waals surface area contributed by atoms with Crippen molar-refractivity contribution in [2.75, 3.05) is 16.5 Å². The van der Waals surface area contributed by atoms with Crippen LogP contribution in [0.5, 0.6) is 0 Å². The summed E-state index contributed by atoms with van der Waals surface area (Å²) in [5, 5.41) is 4.30. The van der Waals surface area contributed by atoms with Crippen LogP contribution >= 0.6 is 23.2 Å². The molecule has 7 nitrogen and oxygen atoms in total. The maximum Gasteiger partial charge on any atom is 0.269 e. The number of nitrogens with zero attached hydrogens (tertiary/aromatic N) is 2. The van der Waals surface area contributed by atoms with Crippen molar-refractivity contribution in [1.29, 1.82) is 0 Å². The van der Waals surface area contributed by atoms with Gasteiger partial charge in [-0.2, -0.15) is 0 Å². The number of carbonyl (C=O) groups is 1. The van der Waals surface area contributed by atoms with E-state index in [4.69, 9.17) is 28.9 Å². The van der Waals surface area contributed by atoms with Crippen LogP contribution in [0.25, 0.3) is 0 Å². The van der Waals surface area contributed by atoms with Crippen molar-refractivity contribution in [2.45, 2.75) is 6.54 Å². The number of nitrogens with two attached hydrogens (primary N) is 1. The van der Waals surface area contributed by atoms with Crippen molar-refractivity contribution < 1.29 is 4.79 Å². The average Bonchev–Trinajstić information content (AvgIpc) is 2.67. The van der Waals surface area contributed by atoms with Gasteiger partial charge in [0.05, 0.1) is 0 Å². The Bertz CT molecular complexity index is 949. The van der Waals surface area contributed by atoms with Gasteiger partial charge >= 0.3 is 0 Å². The maximum absolute atomic E-state index is 12.1. The minimum Gasteiger partial charge on any atom is -0.393 e. The number of hydrogen-bond acceptors (Lipinski definition) is 6. The molecule has 5 N–H and O–H groups in total. The van der Waals surface area contributed by atoms with E-state index in [2.05, 4.69) is 26.1 Å². The van der Waals surface area contributed by atoms with Gasteiger partial charge in [-0.25, -0.2) is 9.97 Å². The van der Waals surface area contributed by atoms with Crippen molar-refractivity contribution in [1.82, 2.24) is 15.4 Å². The van der Waals surface area contributed by atoms with Crippen molar-refractivity contribution in [2.24, 2.45) is 0 Å². The van der Waals surface area contributed by atoms with E-state index in [1.165, 1.54) is 6.33 Å². The van der Waals surface area contributed by atoms with Gasteiger partial charge < -0.3 is 11.1 Å². The molecule has 3 aromatic rings. The molecule has 0 bridgehead atoms. The number of hydrogen-bond donors (Lipinski definition) is 4. The highest BCUT2D eigenvalue weighted by atomic mass is 35.5. The molecule has 0 aliphatic rings. The first-order valence-corrected chi connectivity index (χ1v) is 8.70. The molecule has 0 aliphatic heterocycles. The topological polar surface area (TPSA) is 105 Å². The number of hydrazine groups is 1. The van der Waals surface area contributed by atoms with Crippen LogP contribution in [0.1, 0.15) is 15.9 Å².